The van der Waals surface area contributed by atoms with Crippen molar-refractivity contribution >= 4 is 27.5 Å². The van der Waals surface area contributed by atoms with Crippen LogP contribution in [0.3, 0.4) is 0 Å². The van der Waals surface area contributed by atoms with Gasteiger partial charge >= 0.3 is 0 Å². The highest BCUT2D eigenvalue weighted by Gasteiger charge is 2.41. The van der Waals surface area contributed by atoms with Crippen molar-refractivity contribution in [1.29, 1.82) is 0 Å². The number of sulfonamides is 1. The minimum absolute atomic E-state index is 0.0464. The van der Waals surface area contributed by atoms with E-state index in [1.165, 1.54) is 26.2 Å². The molecule has 3 rings (SSSR count). The highest BCUT2D eigenvalue weighted by Crippen LogP contribution is 2.33. The Kier molecular flexibility index (Phi) is 4.35. The Hall–Kier alpha value is -1.93. The second kappa shape index (κ2) is 6.18. The van der Waals surface area contributed by atoms with Crippen LogP contribution >= 0.6 is 0 Å². The monoisotopic (exact) mass is 351 g/mol. The van der Waals surface area contributed by atoms with E-state index in [9.17, 15) is 18.0 Å². The summed E-state index contributed by atoms with van der Waals surface area (Å²) >= 11 is 0. The lowest BCUT2D eigenvalue weighted by atomic mass is 10.1. The molecule has 0 unspecified atom stereocenters. The SMILES string of the molecule is CN(C)S(=O)(=O)c1ccc(NC(=O)[C@H]2CC(=O)N(C3CC3)C2)cc1. The first-order valence-electron chi connectivity index (χ1n) is 7.92. The van der Waals surface area contributed by atoms with E-state index in [0.717, 1.165) is 17.1 Å². The molecule has 1 atom stereocenters. The van der Waals surface area contributed by atoms with Crippen LogP contribution in [0.4, 0.5) is 5.69 Å². The molecule has 0 bridgehead atoms. The predicted molar refractivity (Wildman–Crippen MR) is 88.8 cm³/mol. The molecule has 1 aliphatic carbocycles. The molecule has 0 spiro atoms. The number of rotatable bonds is 5. The van der Waals surface area contributed by atoms with E-state index in [-0.39, 0.29) is 29.0 Å². The average molecular weight is 351 g/mol. The van der Waals surface area contributed by atoms with Crippen molar-refractivity contribution in [2.24, 2.45) is 5.92 Å². The molecular formula is C16H21N3O4S. The third kappa shape index (κ3) is 3.29. The smallest absolute Gasteiger partial charge is 0.242 e. The first-order valence-corrected chi connectivity index (χ1v) is 9.36. The lowest BCUT2D eigenvalue weighted by Crippen LogP contribution is -2.29. The van der Waals surface area contributed by atoms with Crippen LogP contribution in [0.2, 0.25) is 0 Å². The number of anilines is 1. The third-order valence-corrected chi connectivity index (χ3v) is 6.25. The lowest BCUT2D eigenvalue weighted by Gasteiger charge is -2.15. The molecule has 1 saturated carbocycles. The van der Waals surface area contributed by atoms with Gasteiger partial charge in [-0.2, -0.15) is 0 Å². The fourth-order valence-electron chi connectivity index (χ4n) is 2.81. The standard InChI is InChI=1S/C16H21N3O4S/c1-18(2)24(22,23)14-7-3-12(4-8-14)17-16(21)11-9-15(20)19(10-11)13-5-6-13/h3-4,7-8,11,13H,5-6,9-10H2,1-2H3,(H,17,21)/t11-/m0/s1. The molecule has 1 N–H and O–H groups in total. The van der Waals surface area contributed by atoms with E-state index in [4.69, 9.17) is 0 Å². The molecular weight excluding hydrogens is 330 g/mol. The maximum atomic E-state index is 12.3. The molecule has 2 amide bonds. The fourth-order valence-corrected chi connectivity index (χ4v) is 3.71. The maximum Gasteiger partial charge on any atom is 0.242 e. The summed E-state index contributed by atoms with van der Waals surface area (Å²) in [6.07, 6.45) is 2.30. The van der Waals surface area contributed by atoms with Crippen molar-refractivity contribution in [1.82, 2.24) is 9.21 Å². The van der Waals surface area contributed by atoms with E-state index in [1.54, 1.807) is 17.0 Å². The number of carbonyl (C=O) groups excluding carboxylic acids is 2. The number of likely N-dealkylation sites (tertiary alicyclic amines) is 1. The van der Waals surface area contributed by atoms with E-state index in [1.807, 2.05) is 0 Å². The van der Waals surface area contributed by atoms with E-state index >= 15 is 0 Å². The second-order valence-corrected chi connectivity index (χ2v) is 8.63. The number of amides is 2. The minimum atomic E-state index is -3.49. The minimum Gasteiger partial charge on any atom is -0.339 e. The van der Waals surface area contributed by atoms with Crippen LogP contribution in [0.1, 0.15) is 19.3 Å². The van der Waals surface area contributed by atoms with Gasteiger partial charge in [0.05, 0.1) is 10.8 Å². The Bertz CT molecular complexity index is 754. The molecule has 2 fully saturated rings. The Morgan fingerprint density at radius 2 is 1.83 bits per heavy atom. The van der Waals surface area contributed by atoms with Crippen molar-refractivity contribution in [2.45, 2.75) is 30.2 Å². The van der Waals surface area contributed by atoms with Crippen LogP contribution in [0.15, 0.2) is 29.2 Å². The molecule has 1 heterocycles. The molecule has 2 aliphatic rings. The zero-order chi connectivity index (χ0) is 17.5. The van der Waals surface area contributed by atoms with E-state index in [2.05, 4.69) is 5.32 Å². The fraction of sp³-hybridized carbons (Fsp3) is 0.500. The van der Waals surface area contributed by atoms with E-state index in [0.29, 0.717) is 18.3 Å². The summed E-state index contributed by atoms with van der Waals surface area (Å²) in [6.45, 7) is 0.475. The van der Waals surface area contributed by atoms with Gasteiger partial charge in [0.15, 0.2) is 0 Å². The van der Waals surface area contributed by atoms with E-state index < -0.39 is 10.0 Å². The van der Waals surface area contributed by atoms with Gasteiger partial charge in [-0.15, -0.1) is 0 Å². The van der Waals surface area contributed by atoms with Crippen LogP contribution in [0, 0.1) is 5.92 Å². The topological polar surface area (TPSA) is 86.8 Å². The van der Waals surface area contributed by atoms with Crippen molar-refractivity contribution in [2.75, 3.05) is 26.0 Å². The zero-order valence-electron chi connectivity index (χ0n) is 13.7. The number of hydrogen-bond acceptors (Lipinski definition) is 4. The van der Waals surface area contributed by atoms with Gasteiger partial charge in [-0.25, -0.2) is 12.7 Å². The largest absolute Gasteiger partial charge is 0.339 e. The van der Waals surface area contributed by atoms with Crippen LogP contribution in [-0.2, 0) is 19.6 Å². The van der Waals surface area contributed by atoms with Crippen LogP contribution < -0.4 is 5.32 Å². The summed E-state index contributed by atoms with van der Waals surface area (Å²) in [5.41, 5.74) is 0.523. The zero-order valence-corrected chi connectivity index (χ0v) is 14.5. The van der Waals surface area contributed by atoms with Gasteiger partial charge in [0.25, 0.3) is 0 Å². The average Bonchev–Trinajstić information content (AvgIpc) is 3.30. The number of benzene rings is 1. The van der Waals surface area contributed by atoms with Crippen molar-refractivity contribution in [3.63, 3.8) is 0 Å². The Labute approximate surface area is 141 Å². The van der Waals surface area contributed by atoms with Gasteiger partial charge in [0, 0.05) is 38.8 Å². The summed E-state index contributed by atoms with van der Waals surface area (Å²) in [5.74, 6) is -0.497. The number of carbonyl (C=O) groups is 2. The van der Waals surface area contributed by atoms with Crippen LogP contribution in [0.25, 0.3) is 0 Å². The highest BCUT2D eigenvalue weighted by molar-refractivity contribution is 7.89. The summed E-state index contributed by atoms with van der Waals surface area (Å²) in [6, 6.07) is 6.36. The Morgan fingerprint density at radius 3 is 2.38 bits per heavy atom. The molecule has 1 aliphatic heterocycles. The third-order valence-electron chi connectivity index (χ3n) is 4.42. The molecule has 1 aromatic rings. The molecule has 0 radical (unpaired) electrons. The maximum absolute atomic E-state index is 12.3. The number of nitrogens with zero attached hydrogens (tertiary/aromatic N) is 2. The first kappa shape index (κ1) is 16.9. The van der Waals surface area contributed by atoms with Crippen molar-refractivity contribution in [3.8, 4) is 0 Å². The van der Waals surface area contributed by atoms with Gasteiger partial charge in [-0.05, 0) is 37.1 Å². The normalized spacial score (nSPS) is 21.4. The summed E-state index contributed by atoms with van der Waals surface area (Å²) in [7, 11) is -0.554. The van der Waals surface area contributed by atoms with Gasteiger partial charge < -0.3 is 10.2 Å². The highest BCUT2D eigenvalue weighted by atomic mass is 32.2. The van der Waals surface area contributed by atoms with Crippen LogP contribution in [0.5, 0.6) is 0 Å². The summed E-state index contributed by atoms with van der Waals surface area (Å²) < 4.78 is 25.2. The predicted octanol–water partition coefficient (Wildman–Crippen LogP) is 0.886. The molecule has 7 nitrogen and oxygen atoms in total. The quantitative estimate of drug-likeness (QED) is 0.853. The summed E-state index contributed by atoms with van der Waals surface area (Å²) in [4.78, 5) is 26.2. The molecule has 0 aromatic heterocycles. The number of nitrogens with one attached hydrogen (secondary N) is 1. The van der Waals surface area contributed by atoms with Crippen molar-refractivity contribution in [3.05, 3.63) is 24.3 Å². The van der Waals surface area contributed by atoms with Gasteiger partial charge in [0.1, 0.15) is 0 Å². The van der Waals surface area contributed by atoms with Crippen molar-refractivity contribution < 1.29 is 18.0 Å². The van der Waals surface area contributed by atoms with Gasteiger partial charge in [-0.3, -0.25) is 9.59 Å². The van der Waals surface area contributed by atoms with Gasteiger partial charge in [0.2, 0.25) is 21.8 Å². The summed E-state index contributed by atoms with van der Waals surface area (Å²) in [5, 5.41) is 2.77. The number of hydrogen-bond donors (Lipinski definition) is 1. The molecule has 8 heteroatoms. The molecule has 1 aromatic carbocycles. The molecule has 24 heavy (non-hydrogen) atoms. The molecule has 130 valence electrons. The Morgan fingerprint density at radius 1 is 1.21 bits per heavy atom. The van der Waals surface area contributed by atoms with Gasteiger partial charge in [-0.1, -0.05) is 0 Å². The molecule has 1 saturated heterocycles. The van der Waals surface area contributed by atoms with Crippen LogP contribution in [-0.4, -0.2) is 56.1 Å². The Balaban J connectivity index is 1.64. The second-order valence-electron chi connectivity index (χ2n) is 6.48. The lowest BCUT2D eigenvalue weighted by molar-refractivity contribution is -0.128. The first-order chi connectivity index (χ1) is 11.3.